The zero-order valence-corrected chi connectivity index (χ0v) is 22.0. The van der Waals surface area contributed by atoms with Crippen LogP contribution in [0.3, 0.4) is 0 Å². The Hall–Kier alpha value is -1.01. The standard InChI is InChI=1S/C24H31Cl2N3O.2ClH/c1-17(2)23(27-24(30)20-7-4-18(3)5-8-20)16-29-12-10-28(11-13-29)15-19-6-9-21(25)22(26)14-19;;/h4-9,14,17,23H,10-13,15-16H2,1-3H3,(H,27,30);2*1H. The van der Waals surface area contributed by atoms with Gasteiger partial charge < -0.3 is 5.32 Å². The molecular formula is C24H33Cl4N3O. The number of hydrogen-bond acceptors (Lipinski definition) is 3. The highest BCUT2D eigenvalue weighted by Gasteiger charge is 2.23. The van der Waals surface area contributed by atoms with Crippen molar-refractivity contribution in [2.75, 3.05) is 32.7 Å². The Bertz CT molecular complexity index is 853. The number of halogens is 4. The number of rotatable bonds is 7. The zero-order valence-electron chi connectivity index (χ0n) is 18.8. The van der Waals surface area contributed by atoms with E-state index in [1.54, 1.807) is 0 Å². The molecular weight excluding hydrogens is 488 g/mol. The first kappa shape index (κ1) is 29.0. The summed E-state index contributed by atoms with van der Waals surface area (Å²) in [7, 11) is 0. The van der Waals surface area contributed by atoms with Gasteiger partial charge in [-0.3, -0.25) is 14.6 Å². The van der Waals surface area contributed by atoms with Crippen LogP contribution in [0.25, 0.3) is 0 Å². The van der Waals surface area contributed by atoms with Gasteiger partial charge in [-0.2, -0.15) is 0 Å². The van der Waals surface area contributed by atoms with Gasteiger partial charge in [0, 0.05) is 50.9 Å². The van der Waals surface area contributed by atoms with Crippen LogP contribution in [0.4, 0.5) is 0 Å². The molecule has 1 saturated heterocycles. The van der Waals surface area contributed by atoms with Crippen molar-refractivity contribution in [1.82, 2.24) is 15.1 Å². The number of nitrogens with one attached hydrogen (secondary N) is 1. The molecule has 32 heavy (non-hydrogen) atoms. The maximum absolute atomic E-state index is 12.7. The Morgan fingerprint density at radius 2 is 1.53 bits per heavy atom. The summed E-state index contributed by atoms with van der Waals surface area (Å²) >= 11 is 12.2. The Labute approximate surface area is 214 Å². The van der Waals surface area contributed by atoms with E-state index in [9.17, 15) is 4.79 Å². The maximum Gasteiger partial charge on any atom is 0.251 e. The van der Waals surface area contributed by atoms with Crippen molar-refractivity contribution >= 4 is 53.9 Å². The highest BCUT2D eigenvalue weighted by Crippen LogP contribution is 2.23. The Morgan fingerprint density at radius 1 is 0.938 bits per heavy atom. The topological polar surface area (TPSA) is 35.6 Å². The molecule has 4 nitrogen and oxygen atoms in total. The first-order valence-corrected chi connectivity index (χ1v) is 11.3. The SMILES string of the molecule is Cc1ccc(C(=O)NC(CN2CCN(Cc3ccc(Cl)c(Cl)c3)CC2)C(C)C)cc1.Cl.Cl. The maximum atomic E-state index is 12.7. The molecule has 0 aliphatic carbocycles. The number of benzene rings is 2. The van der Waals surface area contributed by atoms with Gasteiger partial charge >= 0.3 is 0 Å². The lowest BCUT2D eigenvalue weighted by Gasteiger charge is -2.37. The molecule has 1 fully saturated rings. The summed E-state index contributed by atoms with van der Waals surface area (Å²) in [5.74, 6) is 0.376. The van der Waals surface area contributed by atoms with E-state index in [0.717, 1.165) is 50.4 Å². The normalized spacial score (nSPS) is 15.6. The molecule has 0 radical (unpaired) electrons. The fourth-order valence-corrected chi connectivity index (χ4v) is 4.00. The van der Waals surface area contributed by atoms with Crippen LogP contribution in [0.2, 0.25) is 10.0 Å². The third-order valence-electron chi connectivity index (χ3n) is 5.74. The molecule has 1 heterocycles. The smallest absolute Gasteiger partial charge is 0.251 e. The van der Waals surface area contributed by atoms with Crippen molar-refractivity contribution in [2.45, 2.75) is 33.4 Å². The first-order chi connectivity index (χ1) is 14.3. The Morgan fingerprint density at radius 3 is 2.09 bits per heavy atom. The quantitative estimate of drug-likeness (QED) is 0.507. The van der Waals surface area contributed by atoms with E-state index in [-0.39, 0.29) is 36.8 Å². The lowest BCUT2D eigenvalue weighted by atomic mass is 10.0. The van der Waals surface area contributed by atoms with E-state index in [0.29, 0.717) is 16.0 Å². The molecule has 1 amide bonds. The summed E-state index contributed by atoms with van der Waals surface area (Å²) in [6.07, 6.45) is 0. The molecule has 1 unspecified atom stereocenters. The fourth-order valence-electron chi connectivity index (χ4n) is 3.68. The van der Waals surface area contributed by atoms with Gasteiger partial charge in [0.1, 0.15) is 0 Å². The molecule has 0 bridgehead atoms. The summed E-state index contributed by atoms with van der Waals surface area (Å²) < 4.78 is 0. The van der Waals surface area contributed by atoms with E-state index in [2.05, 4.69) is 29.0 Å². The van der Waals surface area contributed by atoms with Crippen LogP contribution in [0.15, 0.2) is 42.5 Å². The van der Waals surface area contributed by atoms with E-state index in [1.165, 1.54) is 5.56 Å². The van der Waals surface area contributed by atoms with Crippen molar-refractivity contribution in [3.8, 4) is 0 Å². The van der Waals surface area contributed by atoms with Gasteiger partial charge in [-0.15, -0.1) is 24.8 Å². The lowest BCUT2D eigenvalue weighted by Crippen LogP contribution is -2.52. The van der Waals surface area contributed by atoms with Gasteiger partial charge in [-0.25, -0.2) is 0 Å². The third kappa shape index (κ3) is 8.40. The average Bonchev–Trinajstić information content (AvgIpc) is 2.72. The van der Waals surface area contributed by atoms with Gasteiger partial charge in [0.05, 0.1) is 10.0 Å². The minimum atomic E-state index is 0. The molecule has 1 aliphatic heterocycles. The largest absolute Gasteiger partial charge is 0.348 e. The highest BCUT2D eigenvalue weighted by atomic mass is 35.5. The van der Waals surface area contributed by atoms with Crippen molar-refractivity contribution < 1.29 is 4.79 Å². The summed E-state index contributed by atoms with van der Waals surface area (Å²) in [5.41, 5.74) is 3.06. The summed E-state index contributed by atoms with van der Waals surface area (Å²) in [6.45, 7) is 12.1. The molecule has 0 saturated carbocycles. The van der Waals surface area contributed by atoms with Crippen molar-refractivity contribution in [2.24, 2.45) is 5.92 Å². The minimum Gasteiger partial charge on any atom is -0.348 e. The Kier molecular flexibility index (Phi) is 12.4. The van der Waals surface area contributed by atoms with Gasteiger partial charge in [-0.05, 0) is 42.7 Å². The molecule has 2 aromatic carbocycles. The fraction of sp³-hybridized carbons (Fsp3) is 0.458. The minimum absolute atomic E-state index is 0. The van der Waals surface area contributed by atoms with E-state index >= 15 is 0 Å². The van der Waals surface area contributed by atoms with Crippen LogP contribution < -0.4 is 5.32 Å². The van der Waals surface area contributed by atoms with Crippen molar-refractivity contribution in [3.05, 3.63) is 69.2 Å². The van der Waals surface area contributed by atoms with Crippen LogP contribution in [-0.2, 0) is 6.54 Å². The number of nitrogens with zero attached hydrogens (tertiary/aromatic N) is 2. The van der Waals surface area contributed by atoms with E-state index in [1.807, 2.05) is 49.4 Å². The van der Waals surface area contributed by atoms with E-state index < -0.39 is 0 Å². The highest BCUT2D eigenvalue weighted by molar-refractivity contribution is 6.42. The average molecular weight is 521 g/mol. The third-order valence-corrected chi connectivity index (χ3v) is 6.48. The summed E-state index contributed by atoms with van der Waals surface area (Å²) in [5, 5.41) is 4.44. The first-order valence-electron chi connectivity index (χ1n) is 10.6. The van der Waals surface area contributed by atoms with Gasteiger partial charge in [0.25, 0.3) is 5.91 Å². The molecule has 1 aliphatic rings. The number of carbonyl (C=O) groups is 1. The molecule has 3 rings (SSSR count). The predicted octanol–water partition coefficient (Wildman–Crippen LogP) is 5.72. The Balaban J connectivity index is 0.00000256. The number of aryl methyl sites for hydroxylation is 1. The number of amides is 1. The van der Waals surface area contributed by atoms with E-state index in [4.69, 9.17) is 23.2 Å². The molecule has 178 valence electrons. The molecule has 1 atom stereocenters. The number of hydrogen-bond donors (Lipinski definition) is 1. The van der Waals surface area contributed by atoms with Crippen LogP contribution in [0, 0.1) is 12.8 Å². The molecule has 0 aromatic heterocycles. The second-order valence-electron chi connectivity index (χ2n) is 8.52. The molecule has 1 N–H and O–H groups in total. The second kappa shape index (κ2) is 13.6. The number of piperazine rings is 1. The van der Waals surface area contributed by atoms with Crippen molar-refractivity contribution in [1.29, 1.82) is 0 Å². The number of carbonyl (C=O) groups excluding carboxylic acids is 1. The summed E-state index contributed by atoms with van der Waals surface area (Å²) in [4.78, 5) is 17.5. The monoisotopic (exact) mass is 519 g/mol. The van der Waals surface area contributed by atoms with Gasteiger partial charge in [0.15, 0.2) is 0 Å². The van der Waals surface area contributed by atoms with Crippen LogP contribution >= 0.6 is 48.0 Å². The molecule has 8 heteroatoms. The van der Waals surface area contributed by atoms with Gasteiger partial charge in [-0.1, -0.05) is 60.8 Å². The lowest BCUT2D eigenvalue weighted by molar-refractivity contribution is 0.0862. The zero-order chi connectivity index (χ0) is 21.7. The molecule has 2 aromatic rings. The predicted molar refractivity (Wildman–Crippen MR) is 140 cm³/mol. The second-order valence-corrected chi connectivity index (χ2v) is 9.33. The van der Waals surface area contributed by atoms with Crippen molar-refractivity contribution in [3.63, 3.8) is 0 Å². The van der Waals surface area contributed by atoms with Crippen LogP contribution in [0.5, 0.6) is 0 Å². The van der Waals surface area contributed by atoms with Gasteiger partial charge in [0.2, 0.25) is 0 Å². The van der Waals surface area contributed by atoms with Crippen LogP contribution in [0.1, 0.15) is 35.3 Å². The summed E-state index contributed by atoms with van der Waals surface area (Å²) in [6, 6.07) is 13.7. The van der Waals surface area contributed by atoms with Crippen LogP contribution in [-0.4, -0.2) is 54.5 Å². The molecule has 0 spiro atoms.